The van der Waals surface area contributed by atoms with E-state index >= 15 is 0 Å². The van der Waals surface area contributed by atoms with E-state index in [1.54, 1.807) is 13.0 Å². The summed E-state index contributed by atoms with van der Waals surface area (Å²) in [4.78, 5) is 33.9. The summed E-state index contributed by atoms with van der Waals surface area (Å²) in [7, 11) is 0. The van der Waals surface area contributed by atoms with Gasteiger partial charge >= 0.3 is 0 Å². The Balaban J connectivity index is 1.74. The van der Waals surface area contributed by atoms with Crippen LogP contribution in [-0.4, -0.2) is 47.0 Å². The lowest BCUT2D eigenvalue weighted by Gasteiger charge is -2.31. The van der Waals surface area contributed by atoms with Gasteiger partial charge < -0.3 is 14.8 Å². The number of aromatic amines is 1. The van der Waals surface area contributed by atoms with Crippen molar-refractivity contribution in [1.82, 2.24) is 14.9 Å². The van der Waals surface area contributed by atoms with Gasteiger partial charge in [0.1, 0.15) is 6.54 Å². The Kier molecular flexibility index (Phi) is 3.70. The standard InChI is InChI=1S/C15H18N4O2/c1-11(20)19-8-6-18(7-9-19)10-14-16-13-5-3-2-4-12(13)15(21)17-14/h2-5H,6-10H2,1H3,(H,16,17,21)/p+1. The zero-order valence-electron chi connectivity index (χ0n) is 12.1. The lowest BCUT2D eigenvalue weighted by atomic mass is 10.2. The summed E-state index contributed by atoms with van der Waals surface area (Å²) in [5, 5.41) is 0.623. The number of H-pyrrole nitrogens is 1. The number of hydrogen-bond donors (Lipinski definition) is 2. The highest BCUT2D eigenvalue weighted by atomic mass is 16.2. The van der Waals surface area contributed by atoms with Crippen molar-refractivity contribution in [3.63, 3.8) is 0 Å². The summed E-state index contributed by atoms with van der Waals surface area (Å²) < 4.78 is 0. The summed E-state index contributed by atoms with van der Waals surface area (Å²) >= 11 is 0. The lowest BCUT2D eigenvalue weighted by Crippen LogP contribution is -3.13. The Bertz CT molecular complexity index is 717. The molecule has 21 heavy (non-hydrogen) atoms. The number of benzene rings is 1. The van der Waals surface area contributed by atoms with E-state index in [2.05, 4.69) is 9.97 Å². The number of rotatable bonds is 2. The van der Waals surface area contributed by atoms with Gasteiger partial charge in [-0.3, -0.25) is 9.59 Å². The second-order valence-electron chi connectivity index (χ2n) is 5.46. The van der Waals surface area contributed by atoms with Crippen molar-refractivity contribution in [3.8, 4) is 0 Å². The highest BCUT2D eigenvalue weighted by molar-refractivity contribution is 5.77. The third kappa shape index (κ3) is 2.95. The van der Waals surface area contributed by atoms with Crippen molar-refractivity contribution in [2.75, 3.05) is 26.2 Å². The average molecular weight is 287 g/mol. The second kappa shape index (κ2) is 5.65. The van der Waals surface area contributed by atoms with E-state index in [0.717, 1.165) is 31.7 Å². The van der Waals surface area contributed by atoms with Crippen LogP contribution < -0.4 is 10.5 Å². The smallest absolute Gasteiger partial charge is 0.258 e. The molecule has 2 heterocycles. The van der Waals surface area contributed by atoms with Gasteiger partial charge in [0, 0.05) is 6.92 Å². The molecule has 6 heteroatoms. The molecule has 1 aromatic carbocycles. The predicted octanol–water partition coefficient (Wildman–Crippen LogP) is -0.830. The number of hydrogen-bond acceptors (Lipinski definition) is 3. The van der Waals surface area contributed by atoms with E-state index in [4.69, 9.17) is 0 Å². The number of quaternary nitrogens is 1. The van der Waals surface area contributed by atoms with E-state index in [1.807, 2.05) is 23.1 Å². The molecule has 0 radical (unpaired) electrons. The summed E-state index contributed by atoms with van der Waals surface area (Å²) in [6.07, 6.45) is 0. The number of carbonyl (C=O) groups excluding carboxylic acids is 1. The van der Waals surface area contributed by atoms with Gasteiger partial charge in [-0.1, -0.05) is 12.1 Å². The van der Waals surface area contributed by atoms with Crippen LogP contribution in [0.3, 0.4) is 0 Å². The fraction of sp³-hybridized carbons (Fsp3) is 0.400. The summed E-state index contributed by atoms with van der Waals surface area (Å²) in [5.74, 6) is 0.844. The molecular weight excluding hydrogens is 268 g/mol. The third-order valence-electron chi connectivity index (χ3n) is 4.00. The number of amides is 1. The molecule has 0 saturated carbocycles. The van der Waals surface area contributed by atoms with E-state index in [1.165, 1.54) is 4.90 Å². The fourth-order valence-corrected chi connectivity index (χ4v) is 2.77. The molecular formula is C15H19N4O2+. The molecule has 110 valence electrons. The van der Waals surface area contributed by atoms with Crippen LogP contribution in [0.2, 0.25) is 0 Å². The number of para-hydroxylation sites is 1. The number of nitrogens with one attached hydrogen (secondary N) is 2. The summed E-state index contributed by atoms with van der Waals surface area (Å²) in [6, 6.07) is 7.36. The maximum Gasteiger partial charge on any atom is 0.258 e. The van der Waals surface area contributed by atoms with Crippen LogP contribution >= 0.6 is 0 Å². The van der Waals surface area contributed by atoms with Crippen molar-refractivity contribution >= 4 is 16.8 Å². The second-order valence-corrected chi connectivity index (χ2v) is 5.46. The largest absolute Gasteiger partial charge is 0.332 e. The molecule has 0 spiro atoms. The zero-order valence-corrected chi connectivity index (χ0v) is 12.1. The molecule has 0 atom stereocenters. The molecule has 2 aromatic rings. The average Bonchev–Trinajstić information content (AvgIpc) is 2.48. The zero-order chi connectivity index (χ0) is 14.8. The van der Waals surface area contributed by atoms with Gasteiger partial charge in [0.2, 0.25) is 5.91 Å². The van der Waals surface area contributed by atoms with Gasteiger partial charge in [-0.2, -0.15) is 0 Å². The van der Waals surface area contributed by atoms with Crippen LogP contribution in [0.4, 0.5) is 0 Å². The topological polar surface area (TPSA) is 70.5 Å². The first-order valence-corrected chi connectivity index (χ1v) is 7.20. The SMILES string of the molecule is CC(=O)N1CC[NH+](Cc2nc3ccccc3c(=O)[nH]2)CC1. The van der Waals surface area contributed by atoms with Crippen LogP contribution in [-0.2, 0) is 11.3 Å². The molecule has 1 aromatic heterocycles. The number of nitrogens with zero attached hydrogens (tertiary/aromatic N) is 2. The lowest BCUT2D eigenvalue weighted by molar-refractivity contribution is -0.918. The van der Waals surface area contributed by atoms with Gasteiger partial charge in [-0.25, -0.2) is 4.98 Å². The minimum absolute atomic E-state index is 0.0858. The van der Waals surface area contributed by atoms with Gasteiger partial charge in [0.25, 0.3) is 5.56 Å². The molecule has 0 bridgehead atoms. The summed E-state index contributed by atoms with van der Waals surface area (Å²) in [6.45, 7) is 5.59. The summed E-state index contributed by atoms with van der Waals surface area (Å²) in [5.41, 5.74) is 0.649. The van der Waals surface area contributed by atoms with Crippen molar-refractivity contribution in [2.24, 2.45) is 0 Å². The maximum absolute atomic E-state index is 12.0. The fourth-order valence-electron chi connectivity index (χ4n) is 2.77. The van der Waals surface area contributed by atoms with Crippen LogP contribution in [0.15, 0.2) is 29.1 Å². The molecule has 3 rings (SSSR count). The Hall–Kier alpha value is -2.21. The van der Waals surface area contributed by atoms with Gasteiger partial charge in [0.15, 0.2) is 5.82 Å². The van der Waals surface area contributed by atoms with Crippen molar-refractivity contribution < 1.29 is 9.69 Å². The van der Waals surface area contributed by atoms with Crippen LogP contribution in [0.25, 0.3) is 10.9 Å². The first-order chi connectivity index (χ1) is 10.1. The van der Waals surface area contributed by atoms with Crippen molar-refractivity contribution in [1.29, 1.82) is 0 Å². The van der Waals surface area contributed by atoms with E-state index < -0.39 is 0 Å². The van der Waals surface area contributed by atoms with Crippen LogP contribution in [0.1, 0.15) is 12.7 Å². The van der Waals surface area contributed by atoms with E-state index in [9.17, 15) is 9.59 Å². The van der Waals surface area contributed by atoms with Gasteiger partial charge in [0.05, 0.1) is 37.1 Å². The monoisotopic (exact) mass is 287 g/mol. The first-order valence-electron chi connectivity index (χ1n) is 7.20. The highest BCUT2D eigenvalue weighted by Gasteiger charge is 2.22. The van der Waals surface area contributed by atoms with Gasteiger partial charge in [-0.15, -0.1) is 0 Å². The Morgan fingerprint density at radius 1 is 1.33 bits per heavy atom. The molecule has 1 fully saturated rings. The molecule has 1 aliphatic heterocycles. The van der Waals surface area contributed by atoms with E-state index in [-0.39, 0.29) is 11.5 Å². The Morgan fingerprint density at radius 3 is 2.76 bits per heavy atom. The normalized spacial score (nSPS) is 16.3. The Morgan fingerprint density at radius 2 is 2.05 bits per heavy atom. The molecule has 2 N–H and O–H groups in total. The Labute approximate surface area is 122 Å². The minimum atomic E-state index is -0.0858. The molecule has 0 aliphatic carbocycles. The number of aromatic nitrogens is 2. The van der Waals surface area contributed by atoms with Crippen LogP contribution in [0.5, 0.6) is 0 Å². The third-order valence-corrected chi connectivity index (χ3v) is 4.00. The van der Waals surface area contributed by atoms with E-state index in [0.29, 0.717) is 17.8 Å². The van der Waals surface area contributed by atoms with Crippen molar-refractivity contribution in [3.05, 3.63) is 40.4 Å². The first kappa shape index (κ1) is 13.8. The molecule has 6 nitrogen and oxygen atoms in total. The highest BCUT2D eigenvalue weighted by Crippen LogP contribution is 2.05. The predicted molar refractivity (Wildman–Crippen MR) is 79.0 cm³/mol. The quantitative estimate of drug-likeness (QED) is 0.757. The molecule has 1 saturated heterocycles. The number of carbonyl (C=O) groups is 1. The molecule has 1 aliphatic rings. The van der Waals surface area contributed by atoms with Gasteiger partial charge in [-0.05, 0) is 12.1 Å². The molecule has 1 amide bonds. The molecule has 0 unspecified atom stereocenters. The number of piperazine rings is 1. The maximum atomic E-state index is 12.0. The number of fused-ring (bicyclic) bond motifs is 1. The van der Waals surface area contributed by atoms with Crippen molar-refractivity contribution in [2.45, 2.75) is 13.5 Å². The minimum Gasteiger partial charge on any atom is -0.332 e. The van der Waals surface area contributed by atoms with Crippen LogP contribution in [0, 0.1) is 0 Å².